The molecule has 0 heterocycles. The number of benzene rings is 1. The standard InChI is InChI=1S/C12H16F2N2O2/c1-8-2-3-10(17)9(6-8)12(18)16(5-4-15)7-11(13)14/h2-3,6,11,17H,4-5,7,15H2,1H3. The number of aromatic hydroxyl groups is 1. The summed E-state index contributed by atoms with van der Waals surface area (Å²) in [7, 11) is 0. The second-order valence-electron chi connectivity index (χ2n) is 3.95. The molecule has 18 heavy (non-hydrogen) atoms. The summed E-state index contributed by atoms with van der Waals surface area (Å²) in [6.45, 7) is 1.17. The highest BCUT2D eigenvalue weighted by Gasteiger charge is 2.21. The van der Waals surface area contributed by atoms with Crippen LogP contribution in [0.4, 0.5) is 8.78 Å². The van der Waals surface area contributed by atoms with Crippen molar-refractivity contribution in [2.45, 2.75) is 13.3 Å². The largest absolute Gasteiger partial charge is 0.507 e. The van der Waals surface area contributed by atoms with Crippen molar-refractivity contribution in [2.75, 3.05) is 19.6 Å². The molecule has 1 amide bonds. The van der Waals surface area contributed by atoms with E-state index in [1.807, 2.05) is 0 Å². The van der Waals surface area contributed by atoms with E-state index in [0.717, 1.165) is 10.5 Å². The summed E-state index contributed by atoms with van der Waals surface area (Å²) in [6.07, 6.45) is -2.63. The van der Waals surface area contributed by atoms with Crippen molar-refractivity contribution in [1.82, 2.24) is 4.90 Å². The fraction of sp³-hybridized carbons (Fsp3) is 0.417. The molecule has 0 unspecified atom stereocenters. The maximum Gasteiger partial charge on any atom is 0.257 e. The van der Waals surface area contributed by atoms with Gasteiger partial charge in [-0.1, -0.05) is 11.6 Å². The summed E-state index contributed by atoms with van der Waals surface area (Å²) in [5.74, 6) is -0.858. The molecule has 0 spiro atoms. The van der Waals surface area contributed by atoms with E-state index in [4.69, 9.17) is 5.73 Å². The number of amides is 1. The Morgan fingerprint density at radius 1 is 1.50 bits per heavy atom. The number of hydrogen-bond acceptors (Lipinski definition) is 3. The van der Waals surface area contributed by atoms with Gasteiger partial charge in [0.05, 0.1) is 12.1 Å². The van der Waals surface area contributed by atoms with E-state index in [1.165, 1.54) is 12.1 Å². The van der Waals surface area contributed by atoms with Gasteiger partial charge in [-0.25, -0.2) is 8.78 Å². The number of carbonyl (C=O) groups is 1. The Balaban J connectivity index is 2.97. The molecule has 0 fully saturated rings. The second-order valence-corrected chi connectivity index (χ2v) is 3.95. The van der Waals surface area contributed by atoms with Crippen LogP contribution in [-0.2, 0) is 0 Å². The first kappa shape index (κ1) is 14.4. The summed E-state index contributed by atoms with van der Waals surface area (Å²) in [5, 5.41) is 9.59. The van der Waals surface area contributed by atoms with E-state index < -0.39 is 18.9 Å². The molecule has 0 aliphatic rings. The summed E-state index contributed by atoms with van der Waals surface area (Å²) in [6, 6.07) is 4.46. The van der Waals surface area contributed by atoms with Crippen molar-refractivity contribution in [2.24, 2.45) is 5.73 Å². The molecule has 6 heteroatoms. The minimum absolute atomic E-state index is 0.0177. The first-order valence-electron chi connectivity index (χ1n) is 5.52. The number of carbonyl (C=O) groups excluding carboxylic acids is 1. The normalized spacial score (nSPS) is 10.7. The minimum atomic E-state index is -2.63. The van der Waals surface area contributed by atoms with Crippen molar-refractivity contribution in [3.05, 3.63) is 29.3 Å². The lowest BCUT2D eigenvalue weighted by Gasteiger charge is -2.22. The number of alkyl halides is 2. The zero-order valence-corrected chi connectivity index (χ0v) is 10.1. The molecule has 100 valence electrons. The van der Waals surface area contributed by atoms with Crippen LogP contribution in [0.1, 0.15) is 15.9 Å². The highest BCUT2D eigenvalue weighted by Crippen LogP contribution is 2.20. The lowest BCUT2D eigenvalue weighted by atomic mass is 10.1. The average Bonchev–Trinajstić information content (AvgIpc) is 2.30. The van der Waals surface area contributed by atoms with Crippen LogP contribution in [0.25, 0.3) is 0 Å². The smallest absolute Gasteiger partial charge is 0.257 e. The molecule has 4 nitrogen and oxygen atoms in total. The highest BCUT2D eigenvalue weighted by molar-refractivity contribution is 5.97. The third-order valence-corrected chi connectivity index (χ3v) is 2.43. The maximum absolute atomic E-state index is 12.4. The molecule has 0 aromatic heterocycles. The number of nitrogens with two attached hydrogens (primary N) is 1. The van der Waals surface area contributed by atoms with E-state index >= 15 is 0 Å². The lowest BCUT2D eigenvalue weighted by Crippen LogP contribution is -2.38. The molecule has 0 aliphatic heterocycles. The van der Waals surface area contributed by atoms with Crippen LogP contribution in [0, 0.1) is 6.92 Å². The predicted molar refractivity (Wildman–Crippen MR) is 63.8 cm³/mol. The Kier molecular flexibility index (Phi) is 5.03. The number of nitrogens with zero attached hydrogens (tertiary/aromatic N) is 1. The third-order valence-electron chi connectivity index (χ3n) is 2.43. The zero-order valence-electron chi connectivity index (χ0n) is 10.1. The van der Waals surface area contributed by atoms with E-state index in [2.05, 4.69) is 0 Å². The second kappa shape index (κ2) is 6.30. The molecule has 0 saturated heterocycles. The molecule has 1 aromatic rings. The quantitative estimate of drug-likeness (QED) is 0.838. The molecule has 0 aliphatic carbocycles. The van der Waals surface area contributed by atoms with E-state index in [-0.39, 0.29) is 24.4 Å². The number of aryl methyl sites for hydroxylation is 1. The van der Waals surface area contributed by atoms with Crippen molar-refractivity contribution in [3.8, 4) is 5.75 Å². The maximum atomic E-state index is 12.4. The Bertz CT molecular complexity index is 425. The SMILES string of the molecule is Cc1ccc(O)c(C(=O)N(CCN)CC(F)F)c1. The fourth-order valence-corrected chi connectivity index (χ4v) is 1.59. The van der Waals surface area contributed by atoms with Gasteiger partial charge in [-0.15, -0.1) is 0 Å². The third kappa shape index (κ3) is 3.66. The van der Waals surface area contributed by atoms with E-state index in [0.29, 0.717) is 0 Å². The minimum Gasteiger partial charge on any atom is -0.507 e. The lowest BCUT2D eigenvalue weighted by molar-refractivity contribution is 0.0560. The van der Waals surface area contributed by atoms with Crippen molar-refractivity contribution < 1.29 is 18.7 Å². The Morgan fingerprint density at radius 2 is 2.17 bits per heavy atom. The molecular weight excluding hydrogens is 242 g/mol. The summed E-state index contributed by atoms with van der Waals surface area (Å²) >= 11 is 0. The number of phenols is 1. The van der Waals surface area contributed by atoms with Crippen molar-refractivity contribution in [3.63, 3.8) is 0 Å². The van der Waals surface area contributed by atoms with Gasteiger partial charge in [0.2, 0.25) is 0 Å². The predicted octanol–water partition coefficient (Wildman–Crippen LogP) is 1.37. The Hall–Kier alpha value is -1.69. The zero-order chi connectivity index (χ0) is 13.7. The van der Waals surface area contributed by atoms with Gasteiger partial charge in [0, 0.05) is 13.1 Å². The molecule has 3 N–H and O–H groups in total. The van der Waals surface area contributed by atoms with Crippen LogP contribution < -0.4 is 5.73 Å². The number of halogens is 2. The van der Waals surface area contributed by atoms with Crippen LogP contribution in [-0.4, -0.2) is 42.0 Å². The first-order valence-corrected chi connectivity index (χ1v) is 5.52. The Labute approximate surface area is 104 Å². The van der Waals surface area contributed by atoms with Gasteiger partial charge in [-0.3, -0.25) is 4.79 Å². The van der Waals surface area contributed by atoms with E-state index in [1.54, 1.807) is 13.0 Å². The first-order chi connectivity index (χ1) is 8.45. The van der Waals surface area contributed by atoms with Crippen molar-refractivity contribution >= 4 is 5.91 Å². The number of rotatable bonds is 5. The molecule has 0 saturated carbocycles. The van der Waals surface area contributed by atoms with Gasteiger partial charge in [0.25, 0.3) is 12.3 Å². The van der Waals surface area contributed by atoms with Gasteiger partial charge < -0.3 is 15.7 Å². The van der Waals surface area contributed by atoms with Gasteiger partial charge >= 0.3 is 0 Å². The van der Waals surface area contributed by atoms with Crippen LogP contribution in [0.5, 0.6) is 5.75 Å². The molecule has 1 aromatic carbocycles. The van der Waals surface area contributed by atoms with Gasteiger partial charge in [-0.05, 0) is 19.1 Å². The van der Waals surface area contributed by atoms with E-state index in [9.17, 15) is 18.7 Å². The molecular formula is C12H16F2N2O2. The summed E-state index contributed by atoms with van der Waals surface area (Å²) in [5.41, 5.74) is 6.07. The highest BCUT2D eigenvalue weighted by atomic mass is 19.3. The van der Waals surface area contributed by atoms with Gasteiger partial charge in [0.15, 0.2) is 0 Å². The number of phenolic OH excluding ortho intramolecular Hbond substituents is 1. The summed E-state index contributed by atoms with van der Waals surface area (Å²) < 4.78 is 24.7. The van der Waals surface area contributed by atoms with Crippen LogP contribution in [0.3, 0.4) is 0 Å². The van der Waals surface area contributed by atoms with Crippen LogP contribution in [0.15, 0.2) is 18.2 Å². The molecule has 1 rings (SSSR count). The van der Waals surface area contributed by atoms with Crippen molar-refractivity contribution in [1.29, 1.82) is 0 Å². The van der Waals surface area contributed by atoms with Crippen LogP contribution in [0.2, 0.25) is 0 Å². The van der Waals surface area contributed by atoms with Gasteiger partial charge in [-0.2, -0.15) is 0 Å². The van der Waals surface area contributed by atoms with Gasteiger partial charge in [0.1, 0.15) is 5.75 Å². The topological polar surface area (TPSA) is 66.6 Å². The average molecular weight is 258 g/mol. The number of hydrogen-bond donors (Lipinski definition) is 2. The molecule has 0 radical (unpaired) electrons. The monoisotopic (exact) mass is 258 g/mol. The summed E-state index contributed by atoms with van der Waals surface area (Å²) in [4.78, 5) is 13.0. The fourth-order valence-electron chi connectivity index (χ4n) is 1.59. The van der Waals surface area contributed by atoms with Crippen LogP contribution >= 0.6 is 0 Å². The molecule has 0 bridgehead atoms. The Morgan fingerprint density at radius 3 is 2.72 bits per heavy atom. The molecule has 0 atom stereocenters.